The highest BCUT2D eigenvalue weighted by Crippen LogP contribution is 2.17. The lowest BCUT2D eigenvalue weighted by Crippen LogP contribution is -2.56. The van der Waals surface area contributed by atoms with Crippen LogP contribution in [0, 0.1) is 0 Å². The number of carboxylic acid groups (broad SMARTS) is 1. The van der Waals surface area contributed by atoms with Crippen molar-refractivity contribution in [2.45, 2.75) is 6.92 Å². The van der Waals surface area contributed by atoms with Crippen LogP contribution in [-0.4, -0.2) is 24.3 Å². The zero-order chi connectivity index (χ0) is 13.8. The molecule has 7 nitrogen and oxygen atoms in total. The summed E-state index contributed by atoms with van der Waals surface area (Å²) in [5, 5.41) is 17.2. The van der Waals surface area contributed by atoms with Crippen LogP contribution in [0.1, 0.15) is 6.92 Å². The molecular weight excluding hydrogens is 248 g/mol. The number of allylic oxidation sites excluding steroid dienone is 1. The Hall–Kier alpha value is -2.70. The van der Waals surface area contributed by atoms with Gasteiger partial charge >= 0.3 is 0 Å². The topological polar surface area (TPSA) is 80.2 Å². The van der Waals surface area contributed by atoms with Crippen LogP contribution in [0.2, 0.25) is 0 Å². The van der Waals surface area contributed by atoms with Gasteiger partial charge in [0.25, 0.3) is 0 Å². The Kier molecular flexibility index (Phi) is 3.56. The molecule has 2 rings (SSSR count). The molecule has 0 unspecified atom stereocenters. The second-order valence-corrected chi connectivity index (χ2v) is 3.78. The van der Waals surface area contributed by atoms with E-state index in [4.69, 9.17) is 4.74 Å². The zero-order valence-electron chi connectivity index (χ0n) is 10.5. The van der Waals surface area contributed by atoms with Crippen molar-refractivity contribution in [1.82, 2.24) is 10.7 Å². The van der Waals surface area contributed by atoms with E-state index >= 15 is 0 Å². The molecular formula is C12H13N4O3-. The summed E-state index contributed by atoms with van der Waals surface area (Å²) in [6, 6.07) is 8.49. The summed E-state index contributed by atoms with van der Waals surface area (Å²) in [5.41, 5.74) is 3.89. The molecule has 1 aliphatic rings. The van der Waals surface area contributed by atoms with Gasteiger partial charge < -0.3 is 14.6 Å². The number of hydrazine groups is 2. The Morgan fingerprint density at radius 1 is 1.42 bits per heavy atom. The van der Waals surface area contributed by atoms with E-state index < -0.39 is 6.09 Å². The minimum Gasteiger partial charge on any atom is -0.528 e. The van der Waals surface area contributed by atoms with Crippen molar-refractivity contribution in [1.29, 1.82) is 0 Å². The number of nitrogens with one attached hydrogen (secondary N) is 1. The van der Waals surface area contributed by atoms with Gasteiger partial charge in [0, 0.05) is 11.8 Å². The van der Waals surface area contributed by atoms with E-state index in [1.165, 1.54) is 7.11 Å². The molecule has 1 amide bonds. The number of methoxy groups -OCH3 is 1. The molecule has 1 heterocycles. The van der Waals surface area contributed by atoms with Crippen molar-refractivity contribution in [2.24, 2.45) is 5.10 Å². The molecule has 0 saturated heterocycles. The molecule has 7 heteroatoms. The zero-order valence-corrected chi connectivity index (χ0v) is 10.5. The molecule has 1 N–H and O–H groups in total. The first-order valence-electron chi connectivity index (χ1n) is 5.55. The van der Waals surface area contributed by atoms with Gasteiger partial charge in [0.2, 0.25) is 5.90 Å². The fourth-order valence-corrected chi connectivity index (χ4v) is 1.58. The number of amides is 1. The van der Waals surface area contributed by atoms with E-state index in [2.05, 4.69) is 10.5 Å². The van der Waals surface area contributed by atoms with Gasteiger partial charge in [-0.25, -0.2) is 5.01 Å². The molecule has 0 bridgehead atoms. The maximum atomic E-state index is 11.3. The van der Waals surface area contributed by atoms with Crippen molar-refractivity contribution in [3.63, 3.8) is 0 Å². The third-order valence-corrected chi connectivity index (χ3v) is 2.38. The van der Waals surface area contributed by atoms with Gasteiger partial charge in [-0.1, -0.05) is 28.5 Å². The molecule has 0 atom stereocenters. The molecule has 0 saturated carbocycles. The standard InChI is InChI=1S/C12H14N4O3/c1-9-8-11(19-2)14-16(13-9)15(12(17)18)10-6-4-3-5-7-10/h3-8,13H,1-2H3,(H,17,18)/p-1. The molecule has 0 spiro atoms. The summed E-state index contributed by atoms with van der Waals surface area (Å²) in [5.74, 6) is 0.290. The average Bonchev–Trinajstić information content (AvgIpc) is 2.39. The van der Waals surface area contributed by atoms with Crippen LogP contribution in [0.3, 0.4) is 0 Å². The van der Waals surface area contributed by atoms with Crippen molar-refractivity contribution in [3.05, 3.63) is 42.1 Å². The highest BCUT2D eigenvalue weighted by Gasteiger charge is 2.20. The number of ether oxygens (including phenoxy) is 1. The quantitative estimate of drug-likeness (QED) is 0.835. The number of para-hydroxylation sites is 1. The first-order chi connectivity index (χ1) is 9.11. The van der Waals surface area contributed by atoms with Crippen LogP contribution in [-0.2, 0) is 4.74 Å². The van der Waals surface area contributed by atoms with Crippen molar-refractivity contribution < 1.29 is 14.6 Å². The summed E-state index contributed by atoms with van der Waals surface area (Å²) in [6.07, 6.45) is 0.238. The molecule has 1 aliphatic heterocycles. The van der Waals surface area contributed by atoms with Crippen molar-refractivity contribution in [2.75, 3.05) is 12.1 Å². The minimum absolute atomic E-state index is 0.290. The largest absolute Gasteiger partial charge is 0.528 e. The predicted octanol–water partition coefficient (Wildman–Crippen LogP) is 0.435. The van der Waals surface area contributed by atoms with Crippen LogP contribution in [0.4, 0.5) is 10.5 Å². The summed E-state index contributed by atoms with van der Waals surface area (Å²) < 4.78 is 5.01. The fraction of sp³-hybridized carbons (Fsp3) is 0.167. The maximum Gasteiger partial charge on any atom is 0.236 e. The Balaban J connectivity index is 2.34. The number of hydrogen-bond donors (Lipinski definition) is 1. The number of nitrogens with zero attached hydrogens (tertiary/aromatic N) is 3. The fourth-order valence-electron chi connectivity index (χ4n) is 1.58. The second-order valence-electron chi connectivity index (χ2n) is 3.78. The van der Waals surface area contributed by atoms with Gasteiger partial charge in [-0.3, -0.25) is 5.43 Å². The van der Waals surface area contributed by atoms with Gasteiger partial charge in [0.05, 0.1) is 12.8 Å². The Bertz CT molecular complexity index is 527. The van der Waals surface area contributed by atoms with Gasteiger partial charge in [-0.15, -0.1) is 0 Å². The summed E-state index contributed by atoms with van der Waals surface area (Å²) in [6.45, 7) is 1.76. The van der Waals surface area contributed by atoms with Gasteiger partial charge in [0.1, 0.15) is 0 Å². The highest BCUT2D eigenvalue weighted by molar-refractivity contribution is 5.89. The highest BCUT2D eigenvalue weighted by atomic mass is 16.5. The Morgan fingerprint density at radius 2 is 2.11 bits per heavy atom. The molecule has 0 aliphatic carbocycles. The van der Waals surface area contributed by atoms with E-state index in [0.717, 1.165) is 10.2 Å². The number of benzene rings is 1. The lowest BCUT2D eigenvalue weighted by atomic mass is 10.3. The van der Waals surface area contributed by atoms with Gasteiger partial charge in [0.15, 0.2) is 6.09 Å². The van der Waals surface area contributed by atoms with Crippen molar-refractivity contribution >= 4 is 17.7 Å². The van der Waals surface area contributed by atoms with Crippen LogP contribution < -0.4 is 15.5 Å². The number of hydrazone groups is 1. The number of hydrogen-bond acceptors (Lipinski definition) is 6. The van der Waals surface area contributed by atoms with E-state index in [1.54, 1.807) is 43.3 Å². The van der Waals surface area contributed by atoms with Gasteiger partial charge in [-0.05, 0) is 19.1 Å². The predicted molar refractivity (Wildman–Crippen MR) is 67.5 cm³/mol. The third kappa shape index (κ3) is 2.76. The molecule has 19 heavy (non-hydrogen) atoms. The minimum atomic E-state index is -1.41. The normalized spacial score (nSPS) is 14.1. The Labute approximate surface area is 110 Å². The molecule has 100 valence electrons. The average molecular weight is 261 g/mol. The molecule has 0 aromatic heterocycles. The monoisotopic (exact) mass is 261 g/mol. The maximum absolute atomic E-state index is 11.3. The second kappa shape index (κ2) is 5.30. The lowest BCUT2D eigenvalue weighted by Gasteiger charge is -2.36. The van der Waals surface area contributed by atoms with Gasteiger partial charge in [-0.2, -0.15) is 0 Å². The first-order valence-corrected chi connectivity index (χ1v) is 5.55. The molecule has 0 fully saturated rings. The number of carbonyl (C=O) groups excluding carboxylic acids is 1. The third-order valence-electron chi connectivity index (χ3n) is 2.38. The number of rotatable bonds is 2. The Morgan fingerprint density at radius 3 is 2.68 bits per heavy atom. The number of anilines is 1. The van der Waals surface area contributed by atoms with Crippen LogP contribution in [0.15, 0.2) is 47.2 Å². The van der Waals surface area contributed by atoms with E-state index in [-0.39, 0.29) is 0 Å². The summed E-state index contributed by atoms with van der Waals surface area (Å²) >= 11 is 0. The van der Waals surface area contributed by atoms with E-state index in [1.807, 2.05) is 0 Å². The first kappa shape index (κ1) is 12.7. The molecule has 0 radical (unpaired) electrons. The number of carbonyl (C=O) groups is 1. The molecule has 1 aromatic rings. The summed E-state index contributed by atoms with van der Waals surface area (Å²) in [7, 11) is 1.46. The van der Waals surface area contributed by atoms with Crippen LogP contribution in [0.25, 0.3) is 0 Å². The SMILES string of the molecule is COC1=NN(N(C(=O)[O-])c2ccccc2)NC(C)=C1. The lowest BCUT2D eigenvalue weighted by molar-refractivity contribution is -0.251. The van der Waals surface area contributed by atoms with Crippen LogP contribution in [0.5, 0.6) is 0 Å². The smallest absolute Gasteiger partial charge is 0.236 e. The van der Waals surface area contributed by atoms with Crippen molar-refractivity contribution in [3.8, 4) is 0 Å². The van der Waals surface area contributed by atoms with E-state index in [0.29, 0.717) is 17.3 Å². The molecule has 1 aromatic carbocycles. The van der Waals surface area contributed by atoms with E-state index in [9.17, 15) is 9.90 Å². The summed E-state index contributed by atoms with van der Waals surface area (Å²) in [4.78, 5) is 11.3. The van der Waals surface area contributed by atoms with Crippen LogP contribution >= 0.6 is 0 Å².